The van der Waals surface area contributed by atoms with Crippen molar-refractivity contribution >= 4 is 83.7 Å². The molecule has 0 radical (unpaired) electrons. The highest BCUT2D eigenvalue weighted by molar-refractivity contribution is 9.10. The molecule has 27 heavy (non-hydrogen) atoms. The number of benzene rings is 2. The van der Waals surface area contributed by atoms with Crippen LogP contribution in [0.25, 0.3) is 6.08 Å². The summed E-state index contributed by atoms with van der Waals surface area (Å²) in [5.41, 5.74) is 1.62. The summed E-state index contributed by atoms with van der Waals surface area (Å²) < 4.78 is 2.29. The van der Waals surface area contributed by atoms with E-state index >= 15 is 0 Å². The summed E-state index contributed by atoms with van der Waals surface area (Å²) in [5.74, 6) is -0.335. The first-order valence-corrected chi connectivity index (χ1v) is 10.8. The molecule has 0 atom stereocenters. The fraction of sp³-hybridized carbons (Fsp3) is 0.105. The number of carbonyl (C=O) groups excluding carboxylic acids is 2. The molecule has 2 amide bonds. The molecule has 4 nitrogen and oxygen atoms in total. The van der Waals surface area contributed by atoms with Gasteiger partial charge < -0.3 is 5.32 Å². The number of halogens is 2. The number of nitrogens with one attached hydrogen (secondary N) is 1. The highest BCUT2D eigenvalue weighted by Crippen LogP contribution is 2.33. The Bertz CT molecular complexity index is 947. The van der Waals surface area contributed by atoms with E-state index in [1.807, 2.05) is 54.6 Å². The van der Waals surface area contributed by atoms with Crippen molar-refractivity contribution in [3.8, 4) is 0 Å². The highest BCUT2D eigenvalue weighted by Gasteiger charge is 2.32. The molecule has 0 saturated carbocycles. The summed E-state index contributed by atoms with van der Waals surface area (Å²) in [4.78, 5) is 26.8. The summed E-state index contributed by atoms with van der Waals surface area (Å²) in [6, 6.07) is 15.0. The molecular formula is C19H14Br2N2O2S2. The summed E-state index contributed by atoms with van der Waals surface area (Å²) >= 11 is 13.4. The third-order valence-electron chi connectivity index (χ3n) is 3.69. The Kier molecular flexibility index (Phi) is 6.86. The summed E-state index contributed by atoms with van der Waals surface area (Å²) in [7, 11) is 0. The van der Waals surface area contributed by atoms with Gasteiger partial charge in [0.15, 0.2) is 0 Å². The molecule has 1 aliphatic heterocycles. The normalized spacial score (nSPS) is 15.5. The van der Waals surface area contributed by atoms with Crippen molar-refractivity contribution in [2.75, 3.05) is 11.9 Å². The first-order chi connectivity index (χ1) is 12.9. The van der Waals surface area contributed by atoms with E-state index < -0.39 is 0 Å². The van der Waals surface area contributed by atoms with Crippen LogP contribution in [0.5, 0.6) is 0 Å². The van der Waals surface area contributed by atoms with Crippen LogP contribution in [-0.2, 0) is 9.59 Å². The van der Waals surface area contributed by atoms with Gasteiger partial charge in [0.25, 0.3) is 5.91 Å². The molecule has 0 spiro atoms. The van der Waals surface area contributed by atoms with Crippen LogP contribution in [-0.4, -0.2) is 27.6 Å². The van der Waals surface area contributed by atoms with Gasteiger partial charge in [-0.25, -0.2) is 0 Å². The van der Waals surface area contributed by atoms with Crippen molar-refractivity contribution < 1.29 is 9.59 Å². The second-order valence-corrected chi connectivity index (χ2v) is 9.20. The molecule has 1 heterocycles. The number of nitrogens with zero attached hydrogens (tertiary/aromatic N) is 1. The van der Waals surface area contributed by atoms with E-state index in [2.05, 4.69) is 37.2 Å². The van der Waals surface area contributed by atoms with Crippen LogP contribution >= 0.6 is 55.8 Å². The van der Waals surface area contributed by atoms with Gasteiger partial charge in [-0.15, -0.1) is 0 Å². The molecule has 1 fully saturated rings. The van der Waals surface area contributed by atoms with Crippen LogP contribution in [0.4, 0.5) is 5.69 Å². The monoisotopic (exact) mass is 524 g/mol. The number of rotatable bonds is 5. The van der Waals surface area contributed by atoms with Crippen molar-refractivity contribution in [2.24, 2.45) is 0 Å². The molecule has 138 valence electrons. The van der Waals surface area contributed by atoms with Crippen LogP contribution in [0.3, 0.4) is 0 Å². The van der Waals surface area contributed by atoms with E-state index in [9.17, 15) is 9.59 Å². The van der Waals surface area contributed by atoms with E-state index in [0.717, 1.165) is 14.5 Å². The topological polar surface area (TPSA) is 49.4 Å². The van der Waals surface area contributed by atoms with Gasteiger partial charge >= 0.3 is 0 Å². The lowest BCUT2D eigenvalue weighted by molar-refractivity contribution is -0.122. The minimum absolute atomic E-state index is 0.166. The minimum Gasteiger partial charge on any atom is -0.326 e. The predicted octanol–water partition coefficient (Wildman–Crippen LogP) is 5.44. The summed E-state index contributed by atoms with van der Waals surface area (Å²) in [6.07, 6.45) is 1.98. The third kappa shape index (κ3) is 5.51. The van der Waals surface area contributed by atoms with Crippen LogP contribution in [0.2, 0.25) is 0 Å². The van der Waals surface area contributed by atoms with E-state index in [1.54, 1.807) is 0 Å². The summed E-state index contributed by atoms with van der Waals surface area (Å²) in [5, 5.41) is 2.82. The Morgan fingerprint density at radius 3 is 2.56 bits per heavy atom. The van der Waals surface area contributed by atoms with E-state index in [4.69, 9.17) is 12.2 Å². The number of hydrogen-bond donors (Lipinski definition) is 1. The van der Waals surface area contributed by atoms with Gasteiger partial charge in [0, 0.05) is 27.6 Å². The van der Waals surface area contributed by atoms with Gasteiger partial charge in [0.1, 0.15) is 4.32 Å². The van der Waals surface area contributed by atoms with Crippen LogP contribution in [0, 0.1) is 0 Å². The maximum absolute atomic E-state index is 12.6. The number of amides is 2. The number of hydrogen-bond acceptors (Lipinski definition) is 4. The van der Waals surface area contributed by atoms with Crippen LogP contribution in [0.1, 0.15) is 12.0 Å². The maximum Gasteiger partial charge on any atom is 0.266 e. The second-order valence-electron chi connectivity index (χ2n) is 5.70. The Morgan fingerprint density at radius 1 is 1.15 bits per heavy atom. The zero-order valence-corrected chi connectivity index (χ0v) is 18.8. The van der Waals surface area contributed by atoms with Gasteiger partial charge in [-0.1, -0.05) is 74.0 Å². The predicted molar refractivity (Wildman–Crippen MR) is 121 cm³/mol. The van der Waals surface area contributed by atoms with Gasteiger partial charge in [-0.3, -0.25) is 14.5 Å². The first kappa shape index (κ1) is 20.3. The van der Waals surface area contributed by atoms with Gasteiger partial charge in [0.05, 0.1) is 4.91 Å². The van der Waals surface area contributed by atoms with Gasteiger partial charge in [-0.05, 0) is 42.0 Å². The average molecular weight is 526 g/mol. The van der Waals surface area contributed by atoms with E-state index in [-0.39, 0.29) is 24.8 Å². The Morgan fingerprint density at radius 2 is 1.85 bits per heavy atom. The molecule has 1 aliphatic rings. The lowest BCUT2D eigenvalue weighted by Gasteiger charge is -2.14. The largest absolute Gasteiger partial charge is 0.326 e. The molecule has 2 aromatic carbocycles. The van der Waals surface area contributed by atoms with Gasteiger partial charge in [-0.2, -0.15) is 0 Å². The van der Waals surface area contributed by atoms with Crippen molar-refractivity contribution in [3.63, 3.8) is 0 Å². The van der Waals surface area contributed by atoms with Crippen molar-refractivity contribution in [1.29, 1.82) is 0 Å². The third-order valence-corrected chi connectivity index (χ3v) is 6.06. The Balaban J connectivity index is 1.61. The second kappa shape index (κ2) is 9.14. The first-order valence-electron chi connectivity index (χ1n) is 7.99. The molecule has 3 rings (SSSR count). The standard InChI is InChI=1S/C19H14Br2N2O2S2/c20-13-4-1-3-12(9-13)10-16-18(25)23(19(26)27-16)8-7-17(24)22-15-6-2-5-14(21)11-15/h1-6,9-11H,7-8H2,(H,22,24). The Hall–Kier alpha value is -1.48. The van der Waals surface area contributed by atoms with Crippen LogP contribution in [0.15, 0.2) is 62.4 Å². The minimum atomic E-state index is -0.168. The van der Waals surface area contributed by atoms with Crippen molar-refractivity contribution in [2.45, 2.75) is 6.42 Å². The van der Waals surface area contributed by atoms with E-state index in [1.165, 1.54) is 16.7 Å². The molecule has 1 saturated heterocycles. The number of carbonyl (C=O) groups is 2. The zero-order valence-electron chi connectivity index (χ0n) is 13.9. The SMILES string of the molecule is O=C(CCN1C(=O)C(=Cc2cccc(Br)c2)SC1=S)Nc1cccc(Br)c1. The highest BCUT2D eigenvalue weighted by atomic mass is 79.9. The molecule has 0 aliphatic carbocycles. The average Bonchev–Trinajstić information content (AvgIpc) is 2.86. The lowest BCUT2D eigenvalue weighted by atomic mass is 10.2. The fourth-order valence-corrected chi connectivity index (χ4v) is 4.57. The van der Waals surface area contributed by atoms with Crippen molar-refractivity contribution in [1.82, 2.24) is 4.90 Å². The number of anilines is 1. The lowest BCUT2D eigenvalue weighted by Crippen LogP contribution is -2.31. The molecule has 1 N–H and O–H groups in total. The number of thioether (sulfide) groups is 1. The van der Waals surface area contributed by atoms with E-state index in [0.29, 0.717) is 14.9 Å². The van der Waals surface area contributed by atoms with Gasteiger partial charge in [0.2, 0.25) is 5.91 Å². The number of thiocarbonyl (C=S) groups is 1. The maximum atomic E-state index is 12.6. The zero-order chi connectivity index (χ0) is 19.4. The quantitative estimate of drug-likeness (QED) is 0.417. The molecule has 0 bridgehead atoms. The van der Waals surface area contributed by atoms with Crippen LogP contribution < -0.4 is 5.32 Å². The smallest absolute Gasteiger partial charge is 0.266 e. The molecule has 0 aromatic heterocycles. The van der Waals surface area contributed by atoms with Crippen molar-refractivity contribution in [3.05, 3.63) is 67.9 Å². The summed E-state index contributed by atoms with van der Waals surface area (Å²) in [6.45, 7) is 0.250. The Labute approximate surface area is 183 Å². The molecule has 2 aromatic rings. The fourth-order valence-electron chi connectivity index (χ4n) is 2.44. The molecular weight excluding hydrogens is 512 g/mol. The molecule has 0 unspecified atom stereocenters. The molecule has 8 heteroatoms.